The van der Waals surface area contributed by atoms with Crippen molar-refractivity contribution in [3.05, 3.63) is 0 Å². The summed E-state index contributed by atoms with van der Waals surface area (Å²) in [5, 5.41) is 8.21. The summed E-state index contributed by atoms with van der Waals surface area (Å²) in [6, 6.07) is 0. The average Bonchev–Trinajstić information content (AvgIpc) is 2.27. The van der Waals surface area contributed by atoms with Gasteiger partial charge in [-0.25, -0.2) is 0 Å². The second kappa shape index (κ2) is 7.86. The largest absolute Gasteiger partial charge is 0.477 e. The third-order valence-electron chi connectivity index (χ3n) is 2.09. The van der Waals surface area contributed by atoms with Crippen molar-refractivity contribution in [1.82, 2.24) is 14.6 Å². The van der Waals surface area contributed by atoms with Gasteiger partial charge in [-0.15, -0.1) is 0 Å². The van der Waals surface area contributed by atoms with Crippen molar-refractivity contribution < 1.29 is 18.1 Å². The van der Waals surface area contributed by atoms with Crippen LogP contribution in [-0.4, -0.2) is 26.4 Å². The molecule has 0 unspecified atom stereocenters. The van der Waals surface area contributed by atoms with Crippen LogP contribution in [0.15, 0.2) is 0 Å². The van der Waals surface area contributed by atoms with Gasteiger partial charge in [0.2, 0.25) is 7.51 Å². The van der Waals surface area contributed by atoms with Crippen LogP contribution in [0.4, 0.5) is 0 Å². The Morgan fingerprint density at radius 2 is 1.15 bits per heavy atom. The van der Waals surface area contributed by atoms with E-state index < -0.39 is 23.5 Å². The summed E-state index contributed by atoms with van der Waals surface area (Å²) in [4.78, 5) is 9.07. The number of hydrogen-bond donors (Lipinski definition) is 5. The molecule has 1 heterocycles. The van der Waals surface area contributed by atoms with Crippen molar-refractivity contribution in [3.8, 4) is 0 Å². The molecule has 1 fully saturated rings. The third-order valence-corrected chi connectivity index (χ3v) is 11.3. The molecule has 1 aliphatic rings. The Bertz CT molecular complexity index is 321. The maximum absolute atomic E-state index is 8.21. The quantitative estimate of drug-likeness (QED) is 0.424. The van der Waals surface area contributed by atoms with E-state index in [0.717, 1.165) is 0 Å². The smallest absolute Gasteiger partial charge is 0.273 e. The number of rotatable bonds is 8. The zero-order valence-electron chi connectivity index (χ0n) is 12.4. The van der Waals surface area contributed by atoms with Crippen LogP contribution in [0.2, 0.25) is 0 Å². The molecule has 0 aliphatic carbocycles. The van der Waals surface area contributed by atoms with Crippen molar-refractivity contribution >= 4 is 23.5 Å². The topological polar surface area (TPSA) is 123 Å². The first-order valence-corrected chi connectivity index (χ1v) is 11.6. The van der Waals surface area contributed by atoms with Gasteiger partial charge in [0.15, 0.2) is 0 Å². The molecule has 0 aromatic heterocycles. The van der Waals surface area contributed by atoms with Gasteiger partial charge in [-0.3, -0.25) is 10.7 Å². The molecule has 6 N–H and O–H groups in total. The molecular weight excluding hydrogens is 323 g/mol. The van der Waals surface area contributed by atoms with Crippen molar-refractivity contribution in [2.45, 2.75) is 27.7 Å². The summed E-state index contributed by atoms with van der Waals surface area (Å²) in [6.45, 7) is 9.11. The number of nitrogens with two attached hydrogens (primary N) is 1. The van der Waals surface area contributed by atoms with Crippen LogP contribution in [0.3, 0.4) is 0 Å². The van der Waals surface area contributed by atoms with Gasteiger partial charge in [0, 0.05) is 0 Å². The normalized spacial score (nSPS) is 23.6. The predicted molar refractivity (Wildman–Crippen MR) is 83.6 cm³/mol. The molecule has 1 saturated heterocycles. The molecule has 20 heavy (non-hydrogen) atoms. The van der Waals surface area contributed by atoms with E-state index in [-0.39, 0.29) is 0 Å². The molecule has 0 amide bonds. The van der Waals surface area contributed by atoms with Crippen LogP contribution in [0.1, 0.15) is 27.7 Å². The average molecular weight is 349 g/mol. The van der Waals surface area contributed by atoms with Gasteiger partial charge in [0.25, 0.3) is 0 Å². The van der Waals surface area contributed by atoms with Crippen molar-refractivity contribution in [2.24, 2.45) is 5.50 Å². The van der Waals surface area contributed by atoms with Crippen LogP contribution >= 0.6 is 23.5 Å². The van der Waals surface area contributed by atoms with Gasteiger partial charge in [-0.1, -0.05) is 9.72 Å². The summed E-state index contributed by atoms with van der Waals surface area (Å²) < 4.78 is 22.9. The minimum absolute atomic E-state index is 0.423. The Morgan fingerprint density at radius 1 is 0.850 bits per heavy atom. The summed E-state index contributed by atoms with van der Waals surface area (Å²) in [6.07, 6.45) is 0. The van der Waals surface area contributed by atoms with Crippen LogP contribution < -0.4 is 20.1 Å². The van der Waals surface area contributed by atoms with Crippen molar-refractivity contribution in [1.29, 1.82) is 5.16 Å². The Morgan fingerprint density at radius 3 is 1.40 bits per heavy atom. The van der Waals surface area contributed by atoms with Crippen LogP contribution in [0.25, 0.3) is 0 Å². The zero-order valence-corrected chi connectivity index (χ0v) is 15.1. The molecule has 1 rings (SSSR count). The van der Waals surface area contributed by atoms with Gasteiger partial charge in [0.05, 0.1) is 31.3 Å². The molecule has 0 spiro atoms. The maximum Gasteiger partial charge on any atom is 0.477 e. The third kappa shape index (κ3) is 4.90. The summed E-state index contributed by atoms with van der Waals surface area (Å²) >= 11 is 0. The van der Waals surface area contributed by atoms with E-state index in [0.29, 0.717) is 26.4 Å². The van der Waals surface area contributed by atoms with Gasteiger partial charge in [-0.05, 0) is 27.7 Å². The highest BCUT2D eigenvalue weighted by Crippen LogP contribution is 2.76. The molecule has 0 aromatic carbocycles. The number of nitrogens with one attached hydrogen (secondary N) is 4. The Balaban J connectivity index is 3.10. The fourth-order valence-corrected chi connectivity index (χ4v) is 11.6. The molecule has 0 saturated carbocycles. The summed E-state index contributed by atoms with van der Waals surface area (Å²) in [5.74, 6) is 0. The van der Waals surface area contributed by atoms with E-state index in [2.05, 4.69) is 14.6 Å². The lowest BCUT2D eigenvalue weighted by atomic mass is 10.9. The van der Waals surface area contributed by atoms with E-state index in [1.165, 1.54) is 0 Å². The molecule has 120 valence electrons. The maximum atomic E-state index is 8.21. The minimum atomic E-state index is -2.91. The molecule has 1 aliphatic heterocycles. The van der Waals surface area contributed by atoms with Crippen LogP contribution in [0, 0.1) is 5.16 Å². The standard InChI is InChI=1S/C8H26N5O4P3/c1-5-14-19(15-6-2)11-18(9,10)12-20(13-19,16-7-3)17-8-4/h13H,5-8H2,1-4H3,(H5,9,10,11,12)/q+2. The molecule has 0 bridgehead atoms. The SMILES string of the molecule is CCO[P+]1(OCC)NP(=N)(N)N[P+](OCC)(OCC)N1. The molecule has 12 heteroatoms. The first kappa shape index (κ1) is 18.8. The highest BCUT2D eigenvalue weighted by molar-refractivity contribution is 7.91. The lowest BCUT2D eigenvalue weighted by Gasteiger charge is -2.35. The Kier molecular flexibility index (Phi) is 7.39. The Hall–Kier alpha value is 0.770. The van der Waals surface area contributed by atoms with Gasteiger partial charge < -0.3 is 0 Å². The van der Waals surface area contributed by atoms with Gasteiger partial charge in [-0.2, -0.15) is 18.1 Å². The fourth-order valence-electron chi connectivity index (χ4n) is 1.69. The second-order valence-electron chi connectivity index (χ2n) is 3.80. The van der Waals surface area contributed by atoms with Crippen molar-refractivity contribution in [3.63, 3.8) is 0 Å². The first-order chi connectivity index (χ1) is 9.36. The highest BCUT2D eigenvalue weighted by atomic mass is 31.3. The molecule has 0 aromatic rings. The fraction of sp³-hybridized carbons (Fsp3) is 1.00. The second-order valence-corrected chi connectivity index (χ2v) is 10.9. The number of hydrogen-bond acceptors (Lipinski definition) is 6. The van der Waals surface area contributed by atoms with Crippen LogP contribution in [-0.2, 0) is 18.1 Å². The molecule has 9 nitrogen and oxygen atoms in total. The minimum Gasteiger partial charge on any atom is -0.273 e. The van der Waals surface area contributed by atoms with E-state index >= 15 is 0 Å². The molecular formula is C8H26N5O4P3+2. The molecule has 0 atom stereocenters. The monoisotopic (exact) mass is 349 g/mol. The van der Waals surface area contributed by atoms with Crippen LogP contribution in [0.5, 0.6) is 0 Å². The summed E-state index contributed by atoms with van der Waals surface area (Å²) in [5.41, 5.74) is 6.00. The van der Waals surface area contributed by atoms with E-state index in [4.69, 9.17) is 28.8 Å². The predicted octanol–water partition coefficient (Wildman–Crippen LogP) is 2.75. The summed E-state index contributed by atoms with van der Waals surface area (Å²) in [7, 11) is -8.35. The van der Waals surface area contributed by atoms with E-state index in [9.17, 15) is 0 Å². The van der Waals surface area contributed by atoms with Gasteiger partial charge >= 0.3 is 16.0 Å². The van der Waals surface area contributed by atoms with E-state index in [1.54, 1.807) is 0 Å². The van der Waals surface area contributed by atoms with E-state index in [1.807, 2.05) is 27.7 Å². The zero-order chi connectivity index (χ0) is 15.3. The van der Waals surface area contributed by atoms with Crippen molar-refractivity contribution in [2.75, 3.05) is 26.4 Å². The first-order valence-electron chi connectivity index (χ1n) is 6.54. The molecule has 0 radical (unpaired) electrons. The highest BCUT2D eigenvalue weighted by Gasteiger charge is 2.68. The lowest BCUT2D eigenvalue weighted by molar-refractivity contribution is 0.217. The Labute approximate surface area is 121 Å². The van der Waals surface area contributed by atoms with Gasteiger partial charge in [0.1, 0.15) is 0 Å². The lowest BCUT2D eigenvalue weighted by Crippen LogP contribution is -2.45.